The quantitative estimate of drug-likeness (QED) is 0.389. The summed E-state index contributed by atoms with van der Waals surface area (Å²) in [5, 5.41) is 10.2. The lowest BCUT2D eigenvalue weighted by Crippen LogP contribution is -2.42. The van der Waals surface area contributed by atoms with Crippen LogP contribution in [0, 0.1) is 6.92 Å². The van der Waals surface area contributed by atoms with Crippen molar-refractivity contribution in [3.8, 4) is 34.0 Å². The van der Waals surface area contributed by atoms with Crippen LogP contribution in [0.5, 0.6) is 0 Å². The Labute approximate surface area is 198 Å². The maximum absolute atomic E-state index is 12.8. The molecular formula is C26H28N6O2. The van der Waals surface area contributed by atoms with E-state index in [0.29, 0.717) is 35.9 Å². The molecule has 8 nitrogen and oxygen atoms in total. The van der Waals surface area contributed by atoms with Gasteiger partial charge in [0.25, 0.3) is 0 Å². The maximum atomic E-state index is 12.8. The van der Waals surface area contributed by atoms with Gasteiger partial charge in [-0.15, -0.1) is 0 Å². The summed E-state index contributed by atoms with van der Waals surface area (Å²) in [7, 11) is 1.85. The SMILES string of the molecule is CNCCNC(=O)C(C)(C)c1cc(-c2cnc(C)c(-c3cc(-c4ccccc4)no3)n2)ccn1. The zero-order valence-corrected chi connectivity index (χ0v) is 19.8. The second-order valence-electron chi connectivity index (χ2n) is 8.55. The molecule has 0 bridgehead atoms. The standard InChI is InChI=1S/C26H28N6O2/c1-17-24(22-15-20(32-34-22)18-8-6-5-7-9-18)31-21(16-30-17)19-10-11-28-23(14-19)26(2,3)25(33)29-13-12-27-4/h5-11,14-16,27H,12-13H2,1-4H3,(H,29,33). The lowest BCUT2D eigenvalue weighted by atomic mass is 9.86. The zero-order chi connectivity index (χ0) is 24.1. The molecule has 0 aliphatic heterocycles. The molecule has 1 amide bonds. The van der Waals surface area contributed by atoms with Crippen LogP contribution in [0.15, 0.2) is 65.4 Å². The molecule has 34 heavy (non-hydrogen) atoms. The summed E-state index contributed by atoms with van der Waals surface area (Å²) in [6.07, 6.45) is 3.41. The number of aryl methyl sites for hydroxylation is 1. The van der Waals surface area contributed by atoms with Gasteiger partial charge in [0, 0.05) is 36.5 Å². The molecule has 4 aromatic rings. The van der Waals surface area contributed by atoms with Crippen molar-refractivity contribution in [3.05, 3.63) is 72.3 Å². The van der Waals surface area contributed by atoms with E-state index in [2.05, 4.69) is 25.8 Å². The Hall–Kier alpha value is -3.91. The molecule has 0 atom stereocenters. The Morgan fingerprint density at radius 2 is 1.79 bits per heavy atom. The highest BCUT2D eigenvalue weighted by atomic mass is 16.5. The molecule has 3 aromatic heterocycles. The number of nitrogens with one attached hydrogen (secondary N) is 2. The number of nitrogens with zero attached hydrogens (tertiary/aromatic N) is 4. The average Bonchev–Trinajstić information content (AvgIpc) is 3.35. The minimum absolute atomic E-state index is 0.0850. The lowest BCUT2D eigenvalue weighted by Gasteiger charge is -2.23. The topological polar surface area (TPSA) is 106 Å². The van der Waals surface area contributed by atoms with E-state index in [1.54, 1.807) is 12.4 Å². The molecule has 4 rings (SSSR count). The van der Waals surface area contributed by atoms with Crippen molar-refractivity contribution in [2.45, 2.75) is 26.2 Å². The maximum Gasteiger partial charge on any atom is 0.231 e. The van der Waals surface area contributed by atoms with Crippen LogP contribution in [0.2, 0.25) is 0 Å². The second kappa shape index (κ2) is 9.93. The highest BCUT2D eigenvalue weighted by Crippen LogP contribution is 2.30. The molecular weight excluding hydrogens is 428 g/mol. The van der Waals surface area contributed by atoms with E-state index in [9.17, 15) is 4.79 Å². The summed E-state index contributed by atoms with van der Waals surface area (Å²) < 4.78 is 5.61. The van der Waals surface area contributed by atoms with E-state index < -0.39 is 5.41 Å². The molecule has 0 aliphatic carbocycles. The smallest absolute Gasteiger partial charge is 0.231 e. The molecule has 0 spiro atoms. The number of hydrogen-bond acceptors (Lipinski definition) is 7. The molecule has 174 valence electrons. The van der Waals surface area contributed by atoms with Gasteiger partial charge in [-0.05, 0) is 40.0 Å². The Kier molecular flexibility index (Phi) is 6.79. The number of benzene rings is 1. The number of carbonyl (C=O) groups excluding carboxylic acids is 1. The van der Waals surface area contributed by atoms with Crippen LogP contribution in [0.3, 0.4) is 0 Å². The number of hydrogen-bond donors (Lipinski definition) is 2. The van der Waals surface area contributed by atoms with Crippen LogP contribution >= 0.6 is 0 Å². The molecule has 0 fully saturated rings. The summed E-state index contributed by atoms with van der Waals surface area (Å²) in [5.74, 6) is 0.461. The molecule has 0 unspecified atom stereocenters. The molecule has 3 heterocycles. The van der Waals surface area contributed by atoms with Crippen molar-refractivity contribution in [2.75, 3.05) is 20.1 Å². The van der Waals surface area contributed by atoms with Crippen molar-refractivity contribution in [2.24, 2.45) is 0 Å². The van der Waals surface area contributed by atoms with Gasteiger partial charge in [0.2, 0.25) is 5.91 Å². The Morgan fingerprint density at radius 1 is 1.00 bits per heavy atom. The number of amides is 1. The normalized spacial score (nSPS) is 11.4. The summed E-state index contributed by atoms with van der Waals surface area (Å²) in [6.45, 7) is 6.85. The summed E-state index contributed by atoms with van der Waals surface area (Å²) in [4.78, 5) is 26.6. The van der Waals surface area contributed by atoms with Crippen LogP contribution in [0.4, 0.5) is 0 Å². The molecule has 8 heteroatoms. The van der Waals surface area contributed by atoms with Gasteiger partial charge in [0.1, 0.15) is 11.4 Å². The highest BCUT2D eigenvalue weighted by Gasteiger charge is 2.31. The summed E-state index contributed by atoms with van der Waals surface area (Å²) >= 11 is 0. The third-order valence-electron chi connectivity index (χ3n) is 5.69. The van der Waals surface area contributed by atoms with Crippen LogP contribution < -0.4 is 10.6 Å². The monoisotopic (exact) mass is 456 g/mol. The minimum atomic E-state index is -0.805. The average molecular weight is 457 g/mol. The molecule has 0 radical (unpaired) electrons. The van der Waals surface area contributed by atoms with E-state index in [1.165, 1.54) is 0 Å². The van der Waals surface area contributed by atoms with E-state index in [0.717, 1.165) is 22.5 Å². The lowest BCUT2D eigenvalue weighted by molar-refractivity contribution is -0.125. The van der Waals surface area contributed by atoms with Gasteiger partial charge in [-0.1, -0.05) is 35.5 Å². The van der Waals surface area contributed by atoms with Gasteiger partial charge in [0.15, 0.2) is 5.76 Å². The molecule has 2 N–H and O–H groups in total. The van der Waals surface area contributed by atoms with Crippen molar-refractivity contribution in [1.82, 2.24) is 30.7 Å². The van der Waals surface area contributed by atoms with E-state index >= 15 is 0 Å². The fraction of sp³-hybridized carbons (Fsp3) is 0.269. The number of pyridine rings is 1. The minimum Gasteiger partial charge on any atom is -0.354 e. The van der Waals surface area contributed by atoms with Crippen LogP contribution in [0.25, 0.3) is 34.0 Å². The zero-order valence-electron chi connectivity index (χ0n) is 19.8. The first-order valence-electron chi connectivity index (χ1n) is 11.2. The number of aromatic nitrogens is 4. The number of likely N-dealkylation sites (N-methyl/N-ethyl adjacent to an activating group) is 1. The Bertz CT molecular complexity index is 1280. The first-order chi connectivity index (χ1) is 16.4. The molecule has 0 saturated heterocycles. The largest absolute Gasteiger partial charge is 0.354 e. The van der Waals surface area contributed by atoms with Gasteiger partial charge in [-0.2, -0.15) is 0 Å². The van der Waals surface area contributed by atoms with E-state index in [-0.39, 0.29) is 5.91 Å². The Balaban J connectivity index is 1.64. The fourth-order valence-electron chi connectivity index (χ4n) is 3.52. The van der Waals surface area contributed by atoms with Gasteiger partial charge >= 0.3 is 0 Å². The van der Waals surface area contributed by atoms with Crippen LogP contribution in [-0.2, 0) is 10.2 Å². The van der Waals surface area contributed by atoms with Crippen LogP contribution in [-0.4, -0.2) is 46.2 Å². The third-order valence-corrected chi connectivity index (χ3v) is 5.69. The number of rotatable bonds is 8. The number of carbonyl (C=O) groups is 1. The first-order valence-corrected chi connectivity index (χ1v) is 11.2. The van der Waals surface area contributed by atoms with Gasteiger partial charge < -0.3 is 15.2 Å². The van der Waals surface area contributed by atoms with E-state index in [1.807, 2.05) is 76.3 Å². The van der Waals surface area contributed by atoms with Crippen LogP contribution in [0.1, 0.15) is 25.2 Å². The van der Waals surface area contributed by atoms with Crippen molar-refractivity contribution in [1.29, 1.82) is 0 Å². The fourth-order valence-corrected chi connectivity index (χ4v) is 3.52. The first kappa shape index (κ1) is 23.3. The predicted octanol–water partition coefficient (Wildman–Crippen LogP) is 3.78. The van der Waals surface area contributed by atoms with Crippen molar-refractivity contribution in [3.63, 3.8) is 0 Å². The molecule has 1 aromatic carbocycles. The van der Waals surface area contributed by atoms with Gasteiger partial charge in [-0.25, -0.2) is 4.98 Å². The van der Waals surface area contributed by atoms with Gasteiger partial charge in [-0.3, -0.25) is 14.8 Å². The molecule has 0 aliphatic rings. The third kappa shape index (κ3) is 4.87. The van der Waals surface area contributed by atoms with Crippen molar-refractivity contribution >= 4 is 5.91 Å². The summed E-state index contributed by atoms with van der Waals surface area (Å²) in [6, 6.07) is 15.4. The highest BCUT2D eigenvalue weighted by molar-refractivity contribution is 5.87. The summed E-state index contributed by atoms with van der Waals surface area (Å²) in [5.41, 5.74) is 4.38. The van der Waals surface area contributed by atoms with Gasteiger partial charge in [0.05, 0.1) is 28.7 Å². The molecule has 0 saturated carbocycles. The Morgan fingerprint density at radius 3 is 2.56 bits per heavy atom. The predicted molar refractivity (Wildman–Crippen MR) is 131 cm³/mol. The second-order valence-corrected chi connectivity index (χ2v) is 8.55. The van der Waals surface area contributed by atoms with Crippen molar-refractivity contribution < 1.29 is 9.32 Å². The van der Waals surface area contributed by atoms with E-state index in [4.69, 9.17) is 9.51 Å².